The van der Waals surface area contributed by atoms with E-state index in [0.717, 1.165) is 11.4 Å². The predicted octanol–water partition coefficient (Wildman–Crippen LogP) is -0.805. The van der Waals surface area contributed by atoms with Crippen LogP contribution in [0.5, 0.6) is 0 Å². The molecule has 0 aromatic carbocycles. The molecule has 0 bridgehead atoms. The van der Waals surface area contributed by atoms with E-state index in [1.165, 1.54) is 0 Å². The van der Waals surface area contributed by atoms with Crippen molar-refractivity contribution in [1.82, 2.24) is 10.3 Å². The summed E-state index contributed by atoms with van der Waals surface area (Å²) in [5.74, 6) is 0. The van der Waals surface area contributed by atoms with Crippen LogP contribution in [0, 0.1) is 6.92 Å². The van der Waals surface area contributed by atoms with Crippen LogP contribution in [0.2, 0.25) is 0 Å². The molecule has 0 aliphatic carbocycles. The van der Waals surface area contributed by atoms with Crippen LogP contribution in [0.25, 0.3) is 0 Å². The monoisotopic (exact) mass is 226 g/mol. The first-order chi connectivity index (χ1) is 7.65. The number of hydrogen-bond acceptors (Lipinski definition) is 5. The van der Waals surface area contributed by atoms with E-state index in [1.54, 1.807) is 0 Å². The Morgan fingerprint density at radius 3 is 2.31 bits per heavy atom. The van der Waals surface area contributed by atoms with Crippen molar-refractivity contribution in [3.63, 3.8) is 0 Å². The van der Waals surface area contributed by atoms with Crippen molar-refractivity contribution in [2.24, 2.45) is 0 Å². The van der Waals surface area contributed by atoms with E-state index in [1.807, 2.05) is 25.1 Å². The summed E-state index contributed by atoms with van der Waals surface area (Å²) < 4.78 is 0. The van der Waals surface area contributed by atoms with Crippen LogP contribution in [0.1, 0.15) is 11.4 Å². The molecule has 4 N–H and O–H groups in total. The molecule has 0 aliphatic rings. The number of nitrogens with one attached hydrogen (secondary N) is 1. The topological polar surface area (TPSA) is 85.6 Å². The fourth-order valence-corrected chi connectivity index (χ4v) is 1.29. The summed E-state index contributed by atoms with van der Waals surface area (Å²) in [5.41, 5.74) is 0.660. The van der Waals surface area contributed by atoms with E-state index in [-0.39, 0.29) is 19.8 Å². The predicted molar refractivity (Wildman–Crippen MR) is 59.8 cm³/mol. The second-order valence-electron chi connectivity index (χ2n) is 3.88. The summed E-state index contributed by atoms with van der Waals surface area (Å²) >= 11 is 0. The first-order valence-electron chi connectivity index (χ1n) is 5.16. The minimum atomic E-state index is -1.05. The Hall–Kier alpha value is -1.01. The summed E-state index contributed by atoms with van der Waals surface area (Å²) in [5, 5.41) is 30.2. The molecule has 5 heteroatoms. The lowest BCUT2D eigenvalue weighted by atomic mass is 10.0. The van der Waals surface area contributed by atoms with Gasteiger partial charge in [-0.2, -0.15) is 0 Å². The molecule has 0 amide bonds. The molecule has 0 radical (unpaired) electrons. The van der Waals surface area contributed by atoms with Crippen molar-refractivity contribution < 1.29 is 15.3 Å². The second kappa shape index (κ2) is 5.91. The van der Waals surface area contributed by atoms with Crippen molar-refractivity contribution in [3.05, 3.63) is 29.6 Å². The number of pyridine rings is 1. The average Bonchev–Trinajstić information content (AvgIpc) is 2.32. The molecule has 5 nitrogen and oxygen atoms in total. The first-order valence-corrected chi connectivity index (χ1v) is 5.16. The zero-order chi connectivity index (χ0) is 12.0. The molecule has 0 saturated carbocycles. The van der Waals surface area contributed by atoms with E-state index in [2.05, 4.69) is 10.3 Å². The summed E-state index contributed by atoms with van der Waals surface area (Å²) in [4.78, 5) is 4.27. The van der Waals surface area contributed by atoms with E-state index in [9.17, 15) is 0 Å². The van der Waals surface area contributed by atoms with Gasteiger partial charge >= 0.3 is 0 Å². The van der Waals surface area contributed by atoms with Crippen LogP contribution in [-0.4, -0.2) is 45.7 Å². The van der Waals surface area contributed by atoms with E-state index < -0.39 is 5.54 Å². The van der Waals surface area contributed by atoms with Crippen LogP contribution in [0.15, 0.2) is 18.2 Å². The Balaban J connectivity index is 2.62. The van der Waals surface area contributed by atoms with Gasteiger partial charge in [-0.3, -0.25) is 10.3 Å². The largest absolute Gasteiger partial charge is 0.394 e. The SMILES string of the molecule is Cc1cccc(CNC(CO)(CO)CO)n1. The van der Waals surface area contributed by atoms with Gasteiger partial charge in [-0.05, 0) is 19.1 Å². The van der Waals surface area contributed by atoms with Gasteiger partial charge in [-0.25, -0.2) is 0 Å². The number of aliphatic hydroxyl groups excluding tert-OH is 3. The Labute approximate surface area is 94.8 Å². The van der Waals surface area contributed by atoms with Crippen LogP contribution < -0.4 is 5.32 Å². The molecule has 0 fully saturated rings. The molecular formula is C11H18N2O3. The third-order valence-corrected chi connectivity index (χ3v) is 2.50. The lowest BCUT2D eigenvalue weighted by molar-refractivity contribution is 0.0411. The van der Waals surface area contributed by atoms with Crippen LogP contribution >= 0.6 is 0 Å². The van der Waals surface area contributed by atoms with Crippen LogP contribution in [-0.2, 0) is 6.54 Å². The quantitative estimate of drug-likeness (QED) is 0.510. The normalized spacial score (nSPS) is 11.8. The van der Waals surface area contributed by atoms with Crippen molar-refractivity contribution in [3.8, 4) is 0 Å². The number of rotatable bonds is 6. The molecule has 0 spiro atoms. The lowest BCUT2D eigenvalue weighted by Gasteiger charge is -2.28. The van der Waals surface area contributed by atoms with Crippen molar-refractivity contribution in [2.45, 2.75) is 19.0 Å². The van der Waals surface area contributed by atoms with Crippen molar-refractivity contribution >= 4 is 0 Å². The van der Waals surface area contributed by atoms with Gasteiger partial charge in [0.2, 0.25) is 0 Å². The van der Waals surface area contributed by atoms with E-state index >= 15 is 0 Å². The van der Waals surface area contributed by atoms with Gasteiger partial charge < -0.3 is 15.3 Å². The van der Waals surface area contributed by atoms with Crippen LogP contribution in [0.3, 0.4) is 0 Å². The molecular weight excluding hydrogens is 208 g/mol. The third kappa shape index (κ3) is 3.24. The van der Waals surface area contributed by atoms with E-state index in [0.29, 0.717) is 6.54 Å². The molecule has 1 heterocycles. The Morgan fingerprint density at radius 2 is 1.81 bits per heavy atom. The highest BCUT2D eigenvalue weighted by atomic mass is 16.3. The Kier molecular flexibility index (Phi) is 4.82. The lowest BCUT2D eigenvalue weighted by Crippen LogP contribution is -2.54. The zero-order valence-corrected chi connectivity index (χ0v) is 9.35. The highest BCUT2D eigenvalue weighted by molar-refractivity contribution is 5.10. The number of hydrogen-bond donors (Lipinski definition) is 4. The summed E-state index contributed by atoms with van der Waals surface area (Å²) in [6, 6.07) is 5.62. The highest BCUT2D eigenvalue weighted by Gasteiger charge is 2.27. The van der Waals surface area contributed by atoms with Crippen molar-refractivity contribution in [2.75, 3.05) is 19.8 Å². The third-order valence-electron chi connectivity index (χ3n) is 2.50. The molecule has 16 heavy (non-hydrogen) atoms. The zero-order valence-electron chi connectivity index (χ0n) is 9.35. The maximum absolute atomic E-state index is 9.11. The average molecular weight is 226 g/mol. The number of aliphatic hydroxyl groups is 3. The summed E-state index contributed by atoms with van der Waals surface area (Å²) in [7, 11) is 0. The van der Waals surface area contributed by atoms with Gasteiger partial charge in [0.1, 0.15) is 0 Å². The highest BCUT2D eigenvalue weighted by Crippen LogP contribution is 2.04. The second-order valence-corrected chi connectivity index (χ2v) is 3.88. The van der Waals surface area contributed by atoms with Gasteiger partial charge in [-0.1, -0.05) is 6.07 Å². The van der Waals surface area contributed by atoms with Crippen LogP contribution in [0.4, 0.5) is 0 Å². The number of nitrogens with zero attached hydrogens (tertiary/aromatic N) is 1. The van der Waals surface area contributed by atoms with Crippen molar-refractivity contribution in [1.29, 1.82) is 0 Å². The van der Waals surface area contributed by atoms with Gasteiger partial charge in [0.05, 0.1) is 31.1 Å². The Morgan fingerprint density at radius 1 is 1.19 bits per heavy atom. The molecule has 0 unspecified atom stereocenters. The molecule has 1 aromatic heterocycles. The molecule has 1 aromatic rings. The number of aromatic nitrogens is 1. The summed E-state index contributed by atoms with van der Waals surface area (Å²) in [6.07, 6.45) is 0. The maximum Gasteiger partial charge on any atom is 0.0884 e. The smallest absolute Gasteiger partial charge is 0.0884 e. The Bertz CT molecular complexity index is 318. The minimum absolute atomic E-state index is 0.328. The van der Waals surface area contributed by atoms with Gasteiger partial charge in [0, 0.05) is 12.2 Å². The fraction of sp³-hybridized carbons (Fsp3) is 0.545. The number of aryl methyl sites for hydroxylation is 1. The first kappa shape index (κ1) is 13.1. The fourth-order valence-electron chi connectivity index (χ4n) is 1.29. The molecule has 90 valence electrons. The van der Waals surface area contributed by atoms with Gasteiger partial charge in [0.15, 0.2) is 0 Å². The van der Waals surface area contributed by atoms with Gasteiger partial charge in [-0.15, -0.1) is 0 Å². The minimum Gasteiger partial charge on any atom is -0.394 e. The van der Waals surface area contributed by atoms with Gasteiger partial charge in [0.25, 0.3) is 0 Å². The summed E-state index contributed by atoms with van der Waals surface area (Å²) in [6.45, 7) is 1.30. The molecule has 0 atom stereocenters. The van der Waals surface area contributed by atoms with E-state index in [4.69, 9.17) is 15.3 Å². The molecule has 0 saturated heterocycles. The maximum atomic E-state index is 9.11. The molecule has 0 aliphatic heterocycles. The molecule has 1 rings (SSSR count). The standard InChI is InChI=1S/C11H18N2O3/c1-9-3-2-4-10(13-9)5-12-11(6-14,7-15)8-16/h2-4,12,14-16H,5-8H2,1H3.